The third kappa shape index (κ3) is 1.32. The molecule has 1 aliphatic heterocycles. The normalized spacial score (nSPS) is 13.0. The number of anilines is 1. The highest BCUT2D eigenvalue weighted by atomic mass is 127. The van der Waals surface area contributed by atoms with E-state index in [-0.39, 0.29) is 0 Å². The number of carboxylic acids is 1. The summed E-state index contributed by atoms with van der Waals surface area (Å²) in [6, 6.07) is 3.41. The molecule has 2 N–H and O–H groups in total. The standard InChI is InChI=1S/C8H7IN2O2/c1-4-2-3-5(8(12)13)7-6(4)10-9-11-7/h2-3H,1H3,(H,10,11)(H,12,13). The summed E-state index contributed by atoms with van der Waals surface area (Å²) in [5.74, 6) is -0.910. The van der Waals surface area contributed by atoms with Crippen molar-refractivity contribution < 1.29 is 9.90 Å². The van der Waals surface area contributed by atoms with E-state index in [1.54, 1.807) is 12.1 Å². The van der Waals surface area contributed by atoms with Gasteiger partial charge in [0, 0.05) is 0 Å². The van der Waals surface area contributed by atoms with E-state index in [0.717, 1.165) is 11.3 Å². The van der Waals surface area contributed by atoms with Gasteiger partial charge in [-0.3, -0.25) is 0 Å². The van der Waals surface area contributed by atoms with Gasteiger partial charge in [0.05, 0.1) is 11.3 Å². The molecular weight excluding hydrogens is 283 g/mol. The maximum Gasteiger partial charge on any atom is 0.337 e. The Kier molecular flexibility index (Phi) is 2.03. The van der Waals surface area contributed by atoms with Crippen LogP contribution in [0.5, 0.6) is 0 Å². The smallest absolute Gasteiger partial charge is 0.337 e. The van der Waals surface area contributed by atoms with Gasteiger partial charge in [-0.2, -0.15) is 0 Å². The number of hydrogen-bond acceptors (Lipinski definition) is 3. The van der Waals surface area contributed by atoms with Crippen molar-refractivity contribution in [1.82, 2.24) is 0 Å². The van der Waals surface area contributed by atoms with Gasteiger partial charge in [0.2, 0.25) is 0 Å². The molecule has 0 spiro atoms. The molecule has 0 saturated carbocycles. The maximum atomic E-state index is 10.8. The molecule has 0 atom stereocenters. The van der Waals surface area contributed by atoms with Crippen molar-refractivity contribution in [3.63, 3.8) is 0 Å². The van der Waals surface area contributed by atoms with Gasteiger partial charge < -0.3 is 8.64 Å². The van der Waals surface area contributed by atoms with Crippen LogP contribution in [0.1, 0.15) is 15.9 Å². The minimum absolute atomic E-state index is 0.297. The Labute approximate surface area is 85.5 Å². The predicted octanol–water partition coefficient (Wildman–Crippen LogP) is 2.82. The fourth-order valence-corrected chi connectivity index (χ4v) is 2.96. The van der Waals surface area contributed by atoms with Crippen LogP contribution in [0, 0.1) is 6.92 Å². The molecular formula is C8H7IN2O2. The first-order valence-corrected chi connectivity index (χ1v) is 5.71. The molecule has 0 aromatic heterocycles. The molecule has 1 aliphatic rings. The van der Waals surface area contributed by atoms with E-state index >= 15 is 0 Å². The molecule has 13 heavy (non-hydrogen) atoms. The van der Waals surface area contributed by atoms with Crippen LogP contribution in [0.4, 0.5) is 11.4 Å². The van der Waals surface area contributed by atoms with Gasteiger partial charge in [-0.15, -0.1) is 0 Å². The van der Waals surface area contributed by atoms with Gasteiger partial charge in [0.25, 0.3) is 0 Å². The zero-order valence-corrected chi connectivity index (χ0v) is 8.99. The van der Waals surface area contributed by atoms with Crippen LogP contribution < -0.4 is 3.53 Å². The highest BCUT2D eigenvalue weighted by molar-refractivity contribution is 14.2. The van der Waals surface area contributed by atoms with E-state index in [1.165, 1.54) is 0 Å². The Bertz CT molecular complexity index is 415. The van der Waals surface area contributed by atoms with Gasteiger partial charge in [0.1, 0.15) is 27.0 Å². The van der Waals surface area contributed by atoms with Crippen molar-refractivity contribution in [1.29, 1.82) is 0 Å². The number of carboxylic acid groups (broad SMARTS) is 1. The Morgan fingerprint density at radius 2 is 2.38 bits per heavy atom. The fraction of sp³-hybridized carbons (Fsp3) is 0.125. The number of aromatic carboxylic acids is 1. The van der Waals surface area contributed by atoms with Crippen LogP contribution >= 0.6 is 21.3 Å². The predicted molar refractivity (Wildman–Crippen MR) is 57.9 cm³/mol. The quantitative estimate of drug-likeness (QED) is 0.617. The van der Waals surface area contributed by atoms with Crippen LogP contribution in [0.15, 0.2) is 15.3 Å². The second-order valence-electron chi connectivity index (χ2n) is 2.72. The molecule has 0 aliphatic carbocycles. The van der Waals surface area contributed by atoms with Gasteiger partial charge in [-0.1, -0.05) is 6.07 Å². The lowest BCUT2D eigenvalue weighted by Gasteiger charge is -2.04. The van der Waals surface area contributed by atoms with E-state index in [0.29, 0.717) is 11.3 Å². The molecule has 2 rings (SSSR count). The monoisotopic (exact) mass is 290 g/mol. The lowest BCUT2D eigenvalue weighted by atomic mass is 10.1. The average molecular weight is 290 g/mol. The molecule has 68 valence electrons. The van der Waals surface area contributed by atoms with E-state index in [4.69, 9.17) is 5.11 Å². The van der Waals surface area contributed by atoms with Crippen molar-refractivity contribution in [2.45, 2.75) is 6.92 Å². The Morgan fingerprint density at radius 3 is 3.08 bits per heavy atom. The second kappa shape index (κ2) is 3.06. The van der Waals surface area contributed by atoms with Gasteiger partial charge in [-0.25, -0.2) is 7.94 Å². The molecule has 0 radical (unpaired) electrons. The first-order valence-electron chi connectivity index (χ1n) is 3.67. The molecule has 0 unspecified atom stereocenters. The van der Waals surface area contributed by atoms with Crippen LogP contribution in [-0.4, -0.2) is 11.1 Å². The van der Waals surface area contributed by atoms with Crippen LogP contribution in [0.3, 0.4) is 0 Å². The van der Waals surface area contributed by atoms with E-state index in [2.05, 4.69) is 6.68 Å². The summed E-state index contributed by atoms with van der Waals surface area (Å²) in [6.45, 7) is 1.95. The van der Waals surface area contributed by atoms with Crippen molar-refractivity contribution in [3.8, 4) is 0 Å². The summed E-state index contributed by atoms with van der Waals surface area (Å²) >= 11 is -0.435. The summed E-state index contributed by atoms with van der Waals surface area (Å²) in [4.78, 5) is 10.8. The summed E-state index contributed by atoms with van der Waals surface area (Å²) < 4.78 is 7.34. The van der Waals surface area contributed by atoms with Crippen molar-refractivity contribution in [2.24, 2.45) is 3.15 Å². The number of nitrogens with one attached hydrogen (secondary N) is 1. The molecule has 5 heteroatoms. The summed E-state index contributed by atoms with van der Waals surface area (Å²) in [5, 5.41) is 8.86. The topological polar surface area (TPSA) is 61.7 Å². The summed E-state index contributed by atoms with van der Waals surface area (Å²) in [6.07, 6.45) is 0. The first-order chi connectivity index (χ1) is 6.20. The lowest BCUT2D eigenvalue weighted by Crippen LogP contribution is -1.97. The van der Waals surface area contributed by atoms with E-state index in [9.17, 15) is 4.79 Å². The lowest BCUT2D eigenvalue weighted by molar-refractivity contribution is 0.0698. The van der Waals surface area contributed by atoms with Gasteiger partial charge >= 0.3 is 5.97 Å². The van der Waals surface area contributed by atoms with E-state index in [1.807, 2.05) is 6.92 Å². The highest BCUT2D eigenvalue weighted by Crippen LogP contribution is 2.41. The van der Waals surface area contributed by atoms with Gasteiger partial charge in [0.15, 0.2) is 0 Å². The second-order valence-corrected chi connectivity index (χ2v) is 4.23. The Morgan fingerprint density at radius 1 is 1.62 bits per heavy atom. The van der Waals surface area contributed by atoms with Crippen LogP contribution in [-0.2, 0) is 0 Å². The maximum absolute atomic E-state index is 10.8. The molecule has 0 amide bonds. The minimum Gasteiger partial charge on any atom is -0.478 e. The zero-order chi connectivity index (χ0) is 9.42. The largest absolute Gasteiger partial charge is 0.478 e. The summed E-state index contributed by atoms with van der Waals surface area (Å²) in [5.41, 5.74) is 2.87. The molecule has 1 heterocycles. The minimum atomic E-state index is -0.910. The number of fused-ring (bicyclic) bond motifs is 1. The number of benzene rings is 1. The number of halogens is 1. The molecule has 1 aromatic rings. The third-order valence-corrected chi connectivity index (χ3v) is 3.38. The molecule has 0 fully saturated rings. The highest BCUT2D eigenvalue weighted by Gasteiger charge is 2.18. The SMILES string of the molecule is Cc1ccc(C(=O)O)c2c1NI=N2. The molecule has 1 aromatic carbocycles. The average Bonchev–Trinajstić information content (AvgIpc) is 2.53. The van der Waals surface area contributed by atoms with Crippen LogP contribution in [0.25, 0.3) is 0 Å². The van der Waals surface area contributed by atoms with Crippen molar-refractivity contribution in [2.75, 3.05) is 3.53 Å². The van der Waals surface area contributed by atoms with Gasteiger partial charge in [-0.05, 0) is 18.6 Å². The molecule has 0 saturated heterocycles. The zero-order valence-electron chi connectivity index (χ0n) is 6.84. The number of carbonyl (C=O) groups is 1. The number of aryl methyl sites for hydroxylation is 1. The first kappa shape index (κ1) is 8.61. The Balaban J connectivity index is 2.68. The number of nitrogens with zero attached hydrogens (tertiary/aromatic N) is 1. The molecule has 4 nitrogen and oxygen atoms in total. The summed E-state index contributed by atoms with van der Waals surface area (Å²) in [7, 11) is 0. The van der Waals surface area contributed by atoms with E-state index < -0.39 is 27.3 Å². The molecule has 0 bridgehead atoms. The Hall–Kier alpha value is -0.980. The van der Waals surface area contributed by atoms with Crippen LogP contribution in [0.2, 0.25) is 0 Å². The number of rotatable bonds is 1. The fourth-order valence-electron chi connectivity index (χ4n) is 1.18. The van der Waals surface area contributed by atoms with Crippen molar-refractivity contribution in [3.05, 3.63) is 23.3 Å². The number of hydrogen-bond donors (Lipinski definition) is 2. The van der Waals surface area contributed by atoms with Crippen molar-refractivity contribution >= 4 is 38.7 Å². The third-order valence-electron chi connectivity index (χ3n) is 1.88.